The summed E-state index contributed by atoms with van der Waals surface area (Å²) in [4.78, 5) is 17.4. The third-order valence-electron chi connectivity index (χ3n) is 3.33. The molecule has 0 aliphatic rings. The van der Waals surface area contributed by atoms with E-state index in [1.54, 1.807) is 18.7 Å². The van der Waals surface area contributed by atoms with Gasteiger partial charge in [-0.15, -0.1) is 0 Å². The zero-order valence-corrected chi connectivity index (χ0v) is 13.1. The molecular weight excluding hydrogens is 331 g/mol. The van der Waals surface area contributed by atoms with Crippen LogP contribution < -0.4 is 0 Å². The van der Waals surface area contributed by atoms with Crippen LogP contribution in [0, 0.1) is 0 Å². The Labute approximate surface area is 136 Å². The van der Waals surface area contributed by atoms with Crippen LogP contribution in [-0.4, -0.2) is 34.0 Å². The summed E-state index contributed by atoms with van der Waals surface area (Å²) in [6, 6.07) is 3.16. The number of aryl methyl sites for hydroxylation is 1. The minimum absolute atomic E-state index is 0.0587. The smallest absolute Gasteiger partial charge is 0.342 e. The van der Waals surface area contributed by atoms with E-state index >= 15 is 0 Å². The van der Waals surface area contributed by atoms with Crippen LogP contribution in [0.15, 0.2) is 36.9 Å². The van der Waals surface area contributed by atoms with Gasteiger partial charge in [0.1, 0.15) is 0 Å². The summed E-state index contributed by atoms with van der Waals surface area (Å²) in [5, 5.41) is -0.0587. The lowest BCUT2D eigenvalue weighted by Gasteiger charge is -2.20. The molecule has 1 amide bonds. The van der Waals surface area contributed by atoms with Gasteiger partial charge in [0.2, 0.25) is 0 Å². The van der Waals surface area contributed by atoms with Crippen molar-refractivity contribution in [3.05, 3.63) is 53.1 Å². The zero-order chi connectivity index (χ0) is 17.0. The summed E-state index contributed by atoms with van der Waals surface area (Å²) in [5.74, 6) is -0.681. The fraction of sp³-hybridized carbons (Fsp3) is 0.333. The van der Waals surface area contributed by atoms with Crippen LogP contribution >= 0.6 is 11.6 Å². The first kappa shape index (κ1) is 17.3. The van der Waals surface area contributed by atoms with Crippen LogP contribution in [0.4, 0.5) is 13.2 Å². The van der Waals surface area contributed by atoms with Gasteiger partial charge in [-0.3, -0.25) is 4.79 Å². The molecule has 4 nitrogen and oxygen atoms in total. The van der Waals surface area contributed by atoms with Gasteiger partial charge < -0.3 is 9.47 Å². The Morgan fingerprint density at radius 3 is 2.74 bits per heavy atom. The number of hydrogen-bond acceptors (Lipinski definition) is 2. The molecule has 0 unspecified atom stereocenters. The van der Waals surface area contributed by atoms with E-state index in [1.165, 1.54) is 18.0 Å². The van der Waals surface area contributed by atoms with Gasteiger partial charge in [0.15, 0.2) is 0 Å². The number of amides is 1. The molecule has 0 atom stereocenters. The van der Waals surface area contributed by atoms with Crippen LogP contribution in [0.5, 0.6) is 0 Å². The Hall–Kier alpha value is -2.02. The van der Waals surface area contributed by atoms with E-state index in [-0.39, 0.29) is 5.02 Å². The highest BCUT2D eigenvalue weighted by atomic mass is 35.5. The average molecular weight is 346 g/mol. The van der Waals surface area contributed by atoms with Gasteiger partial charge in [0.25, 0.3) is 5.91 Å². The first-order valence-corrected chi connectivity index (χ1v) is 7.25. The molecule has 0 fully saturated rings. The highest BCUT2D eigenvalue weighted by molar-refractivity contribution is 6.30. The van der Waals surface area contributed by atoms with Crippen LogP contribution in [0.1, 0.15) is 22.3 Å². The van der Waals surface area contributed by atoms with Gasteiger partial charge in [0, 0.05) is 37.6 Å². The second-order valence-electron chi connectivity index (χ2n) is 5.07. The summed E-state index contributed by atoms with van der Waals surface area (Å²) in [6.07, 6.45) is 1.03. The fourth-order valence-corrected chi connectivity index (χ4v) is 2.33. The number of aromatic nitrogens is 2. The SMILES string of the molecule is CN(CCCn1ccnc1)C(=O)c1ccc(Cl)cc1C(F)(F)F. The number of rotatable bonds is 5. The zero-order valence-electron chi connectivity index (χ0n) is 12.3. The van der Waals surface area contributed by atoms with Crippen molar-refractivity contribution in [2.24, 2.45) is 0 Å². The number of halogens is 4. The molecule has 1 heterocycles. The Kier molecular flexibility index (Phi) is 5.30. The molecule has 0 bridgehead atoms. The van der Waals surface area contributed by atoms with Gasteiger partial charge in [-0.25, -0.2) is 4.98 Å². The van der Waals surface area contributed by atoms with Gasteiger partial charge in [-0.05, 0) is 24.6 Å². The lowest BCUT2D eigenvalue weighted by molar-refractivity contribution is -0.138. The summed E-state index contributed by atoms with van der Waals surface area (Å²) in [6.45, 7) is 0.960. The van der Waals surface area contributed by atoms with Crippen LogP contribution in [0.3, 0.4) is 0 Å². The number of hydrogen-bond donors (Lipinski definition) is 0. The molecule has 0 radical (unpaired) electrons. The van der Waals surface area contributed by atoms with E-state index in [9.17, 15) is 18.0 Å². The molecular formula is C15H15ClF3N3O. The van der Waals surface area contributed by atoms with Crippen molar-refractivity contribution < 1.29 is 18.0 Å². The maximum Gasteiger partial charge on any atom is 0.417 e. The first-order valence-electron chi connectivity index (χ1n) is 6.87. The molecule has 0 aliphatic carbocycles. The van der Waals surface area contributed by atoms with Crippen molar-refractivity contribution >= 4 is 17.5 Å². The predicted molar refractivity (Wildman–Crippen MR) is 80.3 cm³/mol. The maximum absolute atomic E-state index is 13.1. The van der Waals surface area contributed by atoms with E-state index in [1.807, 2.05) is 4.57 Å². The van der Waals surface area contributed by atoms with Crippen molar-refractivity contribution in [2.45, 2.75) is 19.1 Å². The van der Waals surface area contributed by atoms with Crippen LogP contribution in [0.25, 0.3) is 0 Å². The Morgan fingerprint density at radius 1 is 1.39 bits per heavy atom. The summed E-state index contributed by atoms with van der Waals surface area (Å²) in [7, 11) is 1.48. The molecule has 0 saturated carbocycles. The summed E-state index contributed by atoms with van der Waals surface area (Å²) in [5.41, 5.74) is -1.41. The number of imidazole rings is 1. The van der Waals surface area contributed by atoms with E-state index < -0.39 is 23.2 Å². The second-order valence-corrected chi connectivity index (χ2v) is 5.50. The highest BCUT2D eigenvalue weighted by Gasteiger charge is 2.36. The Bertz CT molecular complexity index is 671. The average Bonchev–Trinajstić information content (AvgIpc) is 2.98. The highest BCUT2D eigenvalue weighted by Crippen LogP contribution is 2.34. The molecule has 8 heteroatoms. The molecule has 124 valence electrons. The molecule has 0 N–H and O–H groups in total. The number of alkyl halides is 3. The molecule has 2 aromatic rings. The largest absolute Gasteiger partial charge is 0.417 e. The molecule has 1 aromatic heterocycles. The maximum atomic E-state index is 13.1. The number of nitrogens with zero attached hydrogens (tertiary/aromatic N) is 3. The number of carbonyl (C=O) groups excluding carboxylic acids is 1. The molecule has 0 spiro atoms. The lowest BCUT2D eigenvalue weighted by Crippen LogP contribution is -2.30. The van der Waals surface area contributed by atoms with E-state index in [2.05, 4.69) is 4.98 Å². The molecule has 0 saturated heterocycles. The summed E-state index contributed by atoms with van der Waals surface area (Å²) < 4.78 is 41.0. The van der Waals surface area contributed by atoms with Crippen molar-refractivity contribution in [3.8, 4) is 0 Å². The lowest BCUT2D eigenvalue weighted by atomic mass is 10.1. The quantitative estimate of drug-likeness (QED) is 0.828. The number of benzene rings is 1. The molecule has 1 aromatic carbocycles. The second kappa shape index (κ2) is 7.04. The van der Waals surface area contributed by atoms with Crippen molar-refractivity contribution in [1.29, 1.82) is 0 Å². The molecule has 23 heavy (non-hydrogen) atoms. The topological polar surface area (TPSA) is 38.1 Å². The van der Waals surface area contributed by atoms with Gasteiger partial charge >= 0.3 is 6.18 Å². The van der Waals surface area contributed by atoms with Crippen molar-refractivity contribution in [1.82, 2.24) is 14.5 Å². The number of carbonyl (C=O) groups is 1. The van der Waals surface area contributed by atoms with Gasteiger partial charge in [0.05, 0.1) is 17.5 Å². The monoisotopic (exact) mass is 345 g/mol. The third-order valence-corrected chi connectivity index (χ3v) is 3.57. The first-order chi connectivity index (χ1) is 10.8. The standard InChI is InChI=1S/C15H15ClF3N3O/c1-21(6-2-7-22-8-5-20-10-22)14(23)12-4-3-11(16)9-13(12)15(17,18)19/h3-5,8-10H,2,6-7H2,1H3. The van der Waals surface area contributed by atoms with E-state index in [4.69, 9.17) is 11.6 Å². The minimum atomic E-state index is -4.63. The normalized spacial score (nSPS) is 11.5. The molecule has 2 rings (SSSR count). The van der Waals surface area contributed by atoms with Crippen LogP contribution in [-0.2, 0) is 12.7 Å². The van der Waals surface area contributed by atoms with E-state index in [0.29, 0.717) is 19.5 Å². The third kappa shape index (κ3) is 4.48. The van der Waals surface area contributed by atoms with Crippen molar-refractivity contribution in [3.63, 3.8) is 0 Å². The predicted octanol–water partition coefficient (Wildman–Crippen LogP) is 3.72. The summed E-state index contributed by atoms with van der Waals surface area (Å²) >= 11 is 5.61. The Morgan fingerprint density at radius 2 is 2.13 bits per heavy atom. The van der Waals surface area contributed by atoms with Crippen molar-refractivity contribution in [2.75, 3.05) is 13.6 Å². The minimum Gasteiger partial charge on any atom is -0.342 e. The van der Waals surface area contributed by atoms with E-state index in [0.717, 1.165) is 12.1 Å². The van der Waals surface area contributed by atoms with Crippen LogP contribution in [0.2, 0.25) is 5.02 Å². The Balaban J connectivity index is 2.07. The fourth-order valence-electron chi connectivity index (χ4n) is 2.15. The van der Waals surface area contributed by atoms with Gasteiger partial charge in [-0.2, -0.15) is 13.2 Å². The molecule has 0 aliphatic heterocycles. The van der Waals surface area contributed by atoms with Gasteiger partial charge in [-0.1, -0.05) is 11.6 Å².